The van der Waals surface area contributed by atoms with Crippen molar-refractivity contribution in [3.63, 3.8) is 0 Å². The number of Topliss-reactive ketones (excluding diaryl/α,β-unsaturated/α-hetero) is 4. The average Bonchev–Trinajstić information content (AvgIpc) is 2.00. The Morgan fingerprint density at radius 2 is 1.92 bits per heavy atom. The van der Waals surface area contributed by atoms with Gasteiger partial charge in [-0.25, -0.2) is 0 Å². The van der Waals surface area contributed by atoms with Crippen molar-refractivity contribution < 1.29 is 19.2 Å². The van der Waals surface area contributed by atoms with Crippen molar-refractivity contribution in [1.82, 2.24) is 0 Å². The second-order valence-electron chi connectivity index (χ2n) is 2.82. The molecule has 64 valence electrons. The first-order valence-corrected chi connectivity index (χ1v) is 3.66. The molecule has 0 aromatic heterocycles. The van der Waals surface area contributed by atoms with Gasteiger partial charge >= 0.3 is 0 Å². The Labute approximate surface area is 68.9 Å². The third-order valence-corrected chi connectivity index (χ3v) is 1.94. The normalized spacial score (nSPS) is 24.4. The van der Waals surface area contributed by atoms with Crippen LogP contribution in [0.25, 0.3) is 0 Å². The molecule has 12 heavy (non-hydrogen) atoms. The van der Waals surface area contributed by atoms with E-state index in [2.05, 4.69) is 0 Å². The van der Waals surface area contributed by atoms with Crippen molar-refractivity contribution in [3.8, 4) is 0 Å². The fourth-order valence-electron chi connectivity index (χ4n) is 1.20. The van der Waals surface area contributed by atoms with Gasteiger partial charge in [0.1, 0.15) is 5.78 Å². The molecule has 0 aromatic carbocycles. The van der Waals surface area contributed by atoms with Gasteiger partial charge in [0.15, 0.2) is 0 Å². The van der Waals surface area contributed by atoms with E-state index < -0.39 is 23.3 Å². The lowest BCUT2D eigenvalue weighted by Gasteiger charge is -2.14. The predicted octanol–water partition coefficient (Wildman–Crippen LogP) is -0.307. The molecule has 1 rings (SSSR count). The standard InChI is InChI=1S/C8H8O4/c1-4(9)5-2-3-6(10)8(12)7(5)11/h5H,2-3H2,1H3. The first-order chi connectivity index (χ1) is 5.54. The zero-order valence-electron chi connectivity index (χ0n) is 6.62. The van der Waals surface area contributed by atoms with Gasteiger partial charge in [-0.3, -0.25) is 19.2 Å². The van der Waals surface area contributed by atoms with Crippen molar-refractivity contribution in [1.29, 1.82) is 0 Å². The van der Waals surface area contributed by atoms with Crippen LogP contribution in [0.15, 0.2) is 0 Å². The van der Waals surface area contributed by atoms with Crippen molar-refractivity contribution in [3.05, 3.63) is 0 Å². The summed E-state index contributed by atoms with van der Waals surface area (Å²) < 4.78 is 0. The minimum Gasteiger partial charge on any atom is -0.299 e. The van der Waals surface area contributed by atoms with E-state index in [1.807, 2.05) is 0 Å². The molecular formula is C8H8O4. The largest absolute Gasteiger partial charge is 0.299 e. The number of hydrogen-bond acceptors (Lipinski definition) is 4. The first-order valence-electron chi connectivity index (χ1n) is 3.66. The molecule has 1 aliphatic rings. The van der Waals surface area contributed by atoms with Crippen molar-refractivity contribution in [2.45, 2.75) is 19.8 Å². The van der Waals surface area contributed by atoms with Crippen molar-refractivity contribution >= 4 is 23.1 Å². The Balaban J connectivity index is 2.86. The Bertz CT molecular complexity index is 277. The van der Waals surface area contributed by atoms with Crippen LogP contribution in [0, 0.1) is 5.92 Å². The molecule has 0 N–H and O–H groups in total. The first kappa shape index (κ1) is 8.77. The van der Waals surface area contributed by atoms with Crippen LogP contribution >= 0.6 is 0 Å². The van der Waals surface area contributed by atoms with Crippen LogP contribution in [0.2, 0.25) is 0 Å². The van der Waals surface area contributed by atoms with Gasteiger partial charge in [-0.15, -0.1) is 0 Å². The van der Waals surface area contributed by atoms with Crippen LogP contribution in [0.5, 0.6) is 0 Å². The van der Waals surface area contributed by atoms with Gasteiger partial charge in [-0.2, -0.15) is 0 Å². The highest BCUT2D eigenvalue weighted by atomic mass is 16.2. The van der Waals surface area contributed by atoms with E-state index in [4.69, 9.17) is 0 Å². The molecule has 0 amide bonds. The Kier molecular flexibility index (Phi) is 2.17. The fraction of sp³-hybridized carbons (Fsp3) is 0.500. The zero-order chi connectivity index (χ0) is 9.30. The van der Waals surface area contributed by atoms with Gasteiger partial charge < -0.3 is 0 Å². The Hall–Kier alpha value is -1.32. The smallest absolute Gasteiger partial charge is 0.264 e. The molecule has 4 heteroatoms. The molecule has 0 spiro atoms. The summed E-state index contributed by atoms with van der Waals surface area (Å²) >= 11 is 0. The summed E-state index contributed by atoms with van der Waals surface area (Å²) in [5.41, 5.74) is 0. The van der Waals surface area contributed by atoms with E-state index in [1.54, 1.807) is 0 Å². The molecule has 0 aromatic rings. The Morgan fingerprint density at radius 3 is 2.42 bits per heavy atom. The minimum absolute atomic E-state index is 0.0226. The van der Waals surface area contributed by atoms with E-state index in [-0.39, 0.29) is 18.6 Å². The molecule has 0 radical (unpaired) electrons. The molecule has 1 unspecified atom stereocenters. The van der Waals surface area contributed by atoms with Crippen LogP contribution in [-0.4, -0.2) is 23.1 Å². The van der Waals surface area contributed by atoms with Gasteiger partial charge in [0.25, 0.3) is 5.78 Å². The molecule has 1 fully saturated rings. The predicted molar refractivity (Wildman–Crippen MR) is 38.4 cm³/mol. The second-order valence-corrected chi connectivity index (χ2v) is 2.82. The van der Waals surface area contributed by atoms with E-state index >= 15 is 0 Å². The van der Waals surface area contributed by atoms with E-state index in [0.717, 1.165) is 0 Å². The lowest BCUT2D eigenvalue weighted by molar-refractivity contribution is -0.149. The summed E-state index contributed by atoms with van der Waals surface area (Å²) in [5.74, 6) is -3.71. The van der Waals surface area contributed by atoms with Gasteiger partial charge in [0.05, 0.1) is 5.92 Å². The lowest BCUT2D eigenvalue weighted by Crippen LogP contribution is -2.38. The van der Waals surface area contributed by atoms with Crippen LogP contribution < -0.4 is 0 Å². The summed E-state index contributed by atoms with van der Waals surface area (Å²) in [4.78, 5) is 43.2. The van der Waals surface area contributed by atoms with Crippen LogP contribution in [0.4, 0.5) is 0 Å². The van der Waals surface area contributed by atoms with Crippen molar-refractivity contribution in [2.24, 2.45) is 5.92 Å². The maximum atomic E-state index is 11.0. The number of carbonyl (C=O) groups is 4. The summed E-state index contributed by atoms with van der Waals surface area (Å²) in [6.07, 6.45) is 0.216. The van der Waals surface area contributed by atoms with E-state index in [1.165, 1.54) is 6.92 Å². The van der Waals surface area contributed by atoms with Gasteiger partial charge in [0.2, 0.25) is 11.6 Å². The summed E-state index contributed by atoms with van der Waals surface area (Å²) in [6, 6.07) is 0. The second kappa shape index (κ2) is 2.97. The Morgan fingerprint density at radius 1 is 1.33 bits per heavy atom. The number of ketones is 4. The third-order valence-electron chi connectivity index (χ3n) is 1.94. The zero-order valence-corrected chi connectivity index (χ0v) is 6.62. The van der Waals surface area contributed by atoms with Gasteiger partial charge in [0, 0.05) is 6.42 Å². The maximum absolute atomic E-state index is 11.0. The average molecular weight is 168 g/mol. The van der Waals surface area contributed by atoms with Gasteiger partial charge in [-0.1, -0.05) is 0 Å². The molecular weight excluding hydrogens is 160 g/mol. The molecule has 1 atom stereocenters. The highest BCUT2D eigenvalue weighted by Crippen LogP contribution is 2.16. The summed E-state index contributed by atoms with van der Waals surface area (Å²) in [6.45, 7) is 1.26. The highest BCUT2D eigenvalue weighted by molar-refractivity contribution is 6.66. The topological polar surface area (TPSA) is 68.3 Å². The molecule has 0 bridgehead atoms. The number of carbonyl (C=O) groups excluding carboxylic acids is 4. The van der Waals surface area contributed by atoms with Crippen LogP contribution in [0.3, 0.4) is 0 Å². The van der Waals surface area contributed by atoms with Gasteiger partial charge in [-0.05, 0) is 13.3 Å². The molecule has 0 heterocycles. The molecule has 1 aliphatic carbocycles. The summed E-state index contributed by atoms with van der Waals surface area (Å²) in [5, 5.41) is 0. The minimum atomic E-state index is -1.01. The monoisotopic (exact) mass is 168 g/mol. The number of hydrogen-bond donors (Lipinski definition) is 0. The highest BCUT2D eigenvalue weighted by Gasteiger charge is 2.37. The molecule has 0 aliphatic heterocycles. The van der Waals surface area contributed by atoms with Crippen LogP contribution in [0.1, 0.15) is 19.8 Å². The van der Waals surface area contributed by atoms with E-state index in [0.29, 0.717) is 0 Å². The molecule has 0 saturated heterocycles. The van der Waals surface area contributed by atoms with E-state index in [9.17, 15) is 19.2 Å². The molecule has 1 saturated carbocycles. The quantitative estimate of drug-likeness (QED) is 0.398. The summed E-state index contributed by atoms with van der Waals surface area (Å²) in [7, 11) is 0. The van der Waals surface area contributed by atoms with Crippen molar-refractivity contribution in [2.75, 3.05) is 0 Å². The maximum Gasteiger partial charge on any atom is 0.264 e. The number of rotatable bonds is 1. The molecule has 4 nitrogen and oxygen atoms in total. The third kappa shape index (κ3) is 1.32. The SMILES string of the molecule is CC(=O)C1CCC(=O)C(=O)C1=O. The lowest BCUT2D eigenvalue weighted by atomic mass is 9.84. The van der Waals surface area contributed by atoms with Crippen LogP contribution in [-0.2, 0) is 19.2 Å². The fourth-order valence-corrected chi connectivity index (χ4v) is 1.20.